The maximum atomic E-state index is 13.0. The van der Waals surface area contributed by atoms with Gasteiger partial charge in [0.25, 0.3) is 11.8 Å². The van der Waals surface area contributed by atoms with Gasteiger partial charge in [-0.1, -0.05) is 42.5 Å². The van der Waals surface area contributed by atoms with Crippen LogP contribution < -0.4 is 16.2 Å². The monoisotopic (exact) mass is 435 g/mol. The van der Waals surface area contributed by atoms with E-state index in [-0.39, 0.29) is 11.4 Å². The van der Waals surface area contributed by atoms with Crippen molar-refractivity contribution in [3.63, 3.8) is 0 Å². The third kappa shape index (κ3) is 6.66. The van der Waals surface area contributed by atoms with Crippen molar-refractivity contribution in [2.45, 2.75) is 6.42 Å². The molecule has 0 aromatic heterocycles. The SMILES string of the molecule is O=C(COC(=O)c1ccccc1NCCc1ccc(F)cc1)NNC(=O)c1ccccc1. The van der Waals surface area contributed by atoms with Gasteiger partial charge in [0.05, 0.1) is 5.56 Å². The van der Waals surface area contributed by atoms with Crippen molar-refractivity contribution >= 4 is 23.5 Å². The molecule has 3 N–H and O–H groups in total. The first kappa shape index (κ1) is 22.5. The number of hydrazine groups is 1. The Hall–Kier alpha value is -4.20. The van der Waals surface area contributed by atoms with E-state index in [0.29, 0.717) is 24.2 Å². The van der Waals surface area contributed by atoms with E-state index < -0.39 is 24.4 Å². The molecule has 0 unspecified atom stereocenters. The lowest BCUT2D eigenvalue weighted by Gasteiger charge is -2.12. The van der Waals surface area contributed by atoms with Crippen molar-refractivity contribution in [2.75, 3.05) is 18.5 Å². The Morgan fingerprint density at radius 1 is 0.812 bits per heavy atom. The molecule has 3 rings (SSSR count). The van der Waals surface area contributed by atoms with Crippen LogP contribution in [-0.2, 0) is 16.0 Å². The molecular weight excluding hydrogens is 413 g/mol. The quantitative estimate of drug-likeness (QED) is 0.373. The Kier molecular flexibility index (Phi) is 7.91. The number of anilines is 1. The van der Waals surface area contributed by atoms with Gasteiger partial charge in [0.1, 0.15) is 5.82 Å². The molecule has 0 saturated carbocycles. The number of amides is 2. The molecule has 164 valence electrons. The van der Waals surface area contributed by atoms with Crippen LogP contribution in [0.5, 0.6) is 0 Å². The molecule has 3 aromatic carbocycles. The maximum absolute atomic E-state index is 13.0. The summed E-state index contributed by atoms with van der Waals surface area (Å²) in [6, 6.07) is 21.3. The zero-order valence-electron chi connectivity index (χ0n) is 17.1. The normalized spacial score (nSPS) is 10.2. The van der Waals surface area contributed by atoms with Crippen LogP contribution in [0.15, 0.2) is 78.9 Å². The lowest BCUT2D eigenvalue weighted by Crippen LogP contribution is -2.43. The zero-order chi connectivity index (χ0) is 22.8. The number of hydrogen-bond acceptors (Lipinski definition) is 5. The van der Waals surface area contributed by atoms with Crippen molar-refractivity contribution in [3.05, 3.63) is 101 Å². The fourth-order valence-corrected chi connectivity index (χ4v) is 2.84. The third-order valence-corrected chi connectivity index (χ3v) is 4.48. The Morgan fingerprint density at radius 3 is 2.25 bits per heavy atom. The molecular formula is C24H22FN3O4. The second-order valence-electron chi connectivity index (χ2n) is 6.79. The van der Waals surface area contributed by atoms with E-state index in [4.69, 9.17) is 4.74 Å². The predicted octanol–water partition coefficient (Wildman–Crippen LogP) is 3.10. The summed E-state index contributed by atoms with van der Waals surface area (Å²) < 4.78 is 18.1. The molecule has 0 heterocycles. The van der Waals surface area contributed by atoms with Crippen LogP contribution in [0.3, 0.4) is 0 Å². The van der Waals surface area contributed by atoms with Gasteiger partial charge in [-0.15, -0.1) is 0 Å². The topological polar surface area (TPSA) is 96.5 Å². The lowest BCUT2D eigenvalue weighted by atomic mass is 10.1. The fraction of sp³-hybridized carbons (Fsp3) is 0.125. The molecule has 32 heavy (non-hydrogen) atoms. The Morgan fingerprint density at radius 2 is 1.50 bits per heavy atom. The van der Waals surface area contributed by atoms with Crippen molar-refractivity contribution in [3.8, 4) is 0 Å². The summed E-state index contributed by atoms with van der Waals surface area (Å²) in [6.45, 7) is -0.0419. The number of ether oxygens (including phenoxy) is 1. The van der Waals surface area contributed by atoms with Gasteiger partial charge in [-0.3, -0.25) is 20.4 Å². The first-order valence-electron chi connectivity index (χ1n) is 9.91. The Bertz CT molecular complexity index is 1070. The number of nitrogens with one attached hydrogen (secondary N) is 3. The summed E-state index contributed by atoms with van der Waals surface area (Å²) in [5.41, 5.74) is 6.61. The van der Waals surface area contributed by atoms with Crippen LogP contribution in [0.4, 0.5) is 10.1 Å². The van der Waals surface area contributed by atoms with Crippen LogP contribution in [0.1, 0.15) is 26.3 Å². The molecule has 0 fully saturated rings. The highest BCUT2D eigenvalue weighted by molar-refractivity contribution is 5.97. The minimum atomic E-state index is -0.681. The van der Waals surface area contributed by atoms with E-state index in [0.717, 1.165) is 5.56 Å². The predicted molar refractivity (Wildman–Crippen MR) is 117 cm³/mol. The number of carbonyl (C=O) groups excluding carboxylic acids is 3. The highest BCUT2D eigenvalue weighted by Gasteiger charge is 2.15. The molecule has 7 nitrogen and oxygen atoms in total. The third-order valence-electron chi connectivity index (χ3n) is 4.48. The molecule has 0 aliphatic heterocycles. The first-order chi connectivity index (χ1) is 15.5. The average Bonchev–Trinajstić information content (AvgIpc) is 2.83. The molecule has 0 aliphatic rings. The van der Waals surface area contributed by atoms with E-state index in [9.17, 15) is 18.8 Å². The second kappa shape index (κ2) is 11.3. The van der Waals surface area contributed by atoms with Gasteiger partial charge in [-0.2, -0.15) is 0 Å². The first-order valence-corrected chi connectivity index (χ1v) is 9.91. The fourth-order valence-electron chi connectivity index (χ4n) is 2.84. The molecule has 0 atom stereocenters. The summed E-state index contributed by atoms with van der Waals surface area (Å²) in [4.78, 5) is 36.2. The Labute approximate surface area is 184 Å². The van der Waals surface area contributed by atoms with Gasteiger partial charge >= 0.3 is 5.97 Å². The van der Waals surface area contributed by atoms with E-state index in [1.54, 1.807) is 66.7 Å². The summed E-state index contributed by atoms with van der Waals surface area (Å²) in [5.74, 6) is -2.14. The number of hydrogen-bond donors (Lipinski definition) is 3. The molecule has 3 aromatic rings. The van der Waals surface area contributed by atoms with Gasteiger partial charge in [-0.05, 0) is 48.4 Å². The van der Waals surface area contributed by atoms with Crippen molar-refractivity contribution in [1.82, 2.24) is 10.9 Å². The summed E-state index contributed by atoms with van der Waals surface area (Å²) >= 11 is 0. The largest absolute Gasteiger partial charge is 0.452 e. The Balaban J connectivity index is 1.46. The smallest absolute Gasteiger partial charge is 0.340 e. The highest BCUT2D eigenvalue weighted by Crippen LogP contribution is 2.16. The van der Waals surface area contributed by atoms with Gasteiger partial charge in [-0.25, -0.2) is 9.18 Å². The van der Waals surface area contributed by atoms with Gasteiger partial charge in [0.15, 0.2) is 6.61 Å². The lowest BCUT2D eigenvalue weighted by molar-refractivity contribution is -0.125. The number of carbonyl (C=O) groups is 3. The number of esters is 1. The van der Waals surface area contributed by atoms with Crippen LogP contribution in [0.25, 0.3) is 0 Å². The van der Waals surface area contributed by atoms with E-state index in [1.807, 2.05) is 0 Å². The highest BCUT2D eigenvalue weighted by atomic mass is 19.1. The standard InChI is InChI=1S/C24H22FN3O4/c25-19-12-10-17(11-13-19)14-15-26-21-9-5-4-8-20(21)24(31)32-16-22(29)27-28-23(30)18-6-2-1-3-7-18/h1-13,26H,14-16H2,(H,27,29)(H,28,30). The van der Waals surface area contributed by atoms with E-state index in [1.165, 1.54) is 12.1 Å². The minimum absolute atomic E-state index is 0.271. The van der Waals surface area contributed by atoms with E-state index >= 15 is 0 Å². The van der Waals surface area contributed by atoms with Gasteiger partial charge in [0.2, 0.25) is 0 Å². The molecule has 2 amide bonds. The second-order valence-corrected chi connectivity index (χ2v) is 6.79. The van der Waals surface area contributed by atoms with Crippen molar-refractivity contribution in [1.29, 1.82) is 0 Å². The molecule has 0 radical (unpaired) electrons. The van der Waals surface area contributed by atoms with Crippen molar-refractivity contribution in [2.24, 2.45) is 0 Å². The van der Waals surface area contributed by atoms with Crippen LogP contribution in [0, 0.1) is 5.82 Å². The van der Waals surface area contributed by atoms with Gasteiger partial charge < -0.3 is 10.1 Å². The summed E-state index contributed by atoms with van der Waals surface area (Å²) in [7, 11) is 0. The van der Waals surface area contributed by atoms with Crippen LogP contribution in [-0.4, -0.2) is 30.9 Å². The zero-order valence-corrected chi connectivity index (χ0v) is 17.1. The summed E-state index contributed by atoms with van der Waals surface area (Å²) in [6.07, 6.45) is 0.632. The molecule has 0 bridgehead atoms. The molecule has 0 saturated heterocycles. The number of benzene rings is 3. The number of halogens is 1. The summed E-state index contributed by atoms with van der Waals surface area (Å²) in [5, 5.41) is 3.15. The number of para-hydroxylation sites is 1. The number of rotatable bonds is 8. The van der Waals surface area contributed by atoms with E-state index in [2.05, 4.69) is 16.2 Å². The average molecular weight is 435 g/mol. The van der Waals surface area contributed by atoms with Gasteiger partial charge in [0, 0.05) is 17.8 Å². The minimum Gasteiger partial charge on any atom is -0.452 e. The molecule has 8 heteroatoms. The maximum Gasteiger partial charge on any atom is 0.340 e. The van der Waals surface area contributed by atoms with Crippen LogP contribution >= 0.6 is 0 Å². The van der Waals surface area contributed by atoms with Crippen molar-refractivity contribution < 1.29 is 23.5 Å². The molecule has 0 aliphatic carbocycles. The van der Waals surface area contributed by atoms with Crippen LogP contribution in [0.2, 0.25) is 0 Å². The molecule has 0 spiro atoms.